The van der Waals surface area contributed by atoms with Gasteiger partial charge in [0, 0.05) is 59.8 Å². The summed E-state index contributed by atoms with van der Waals surface area (Å²) in [4.78, 5) is 53.5. The quantitative estimate of drug-likeness (QED) is 0.0498. The zero-order valence-electron chi connectivity index (χ0n) is 27.5. The van der Waals surface area contributed by atoms with Crippen LogP contribution in [0, 0.1) is 0 Å². The average molecular weight is 730 g/mol. The number of aliphatic carboxylic acids is 1. The van der Waals surface area contributed by atoms with E-state index >= 15 is 0 Å². The first-order valence-electron chi connectivity index (χ1n) is 16.2. The Balaban J connectivity index is 1.06. The summed E-state index contributed by atoms with van der Waals surface area (Å²) in [7, 11) is 1.25. The SMILES string of the molecule is CO/N=C(\C(=O)N[C@@H]1C(=O)N2C(C(=O)[O-])=C(C[n+]3cccc4c3ccn4Cc3ccc(C(N)=NC4CCCNC4)cc3)CS[C@H]12)c1nsc(N)n1. The highest BCUT2D eigenvalue weighted by atomic mass is 32.2. The number of aromatic nitrogens is 4. The van der Waals surface area contributed by atoms with Crippen molar-refractivity contribution in [3.05, 3.63) is 83.1 Å². The molecule has 0 bridgehead atoms. The van der Waals surface area contributed by atoms with E-state index < -0.39 is 29.2 Å². The highest BCUT2D eigenvalue weighted by Gasteiger charge is 2.53. The van der Waals surface area contributed by atoms with Crippen molar-refractivity contribution in [1.82, 2.24) is 29.5 Å². The molecule has 2 saturated heterocycles. The maximum Gasteiger partial charge on any atom is 0.278 e. The Kier molecular flexibility index (Phi) is 9.70. The van der Waals surface area contributed by atoms with Crippen molar-refractivity contribution < 1.29 is 28.9 Å². The zero-order valence-corrected chi connectivity index (χ0v) is 29.2. The van der Waals surface area contributed by atoms with Crippen LogP contribution < -0.4 is 31.8 Å². The number of carboxylic acids is 1. The molecule has 1 aromatic carbocycles. The van der Waals surface area contributed by atoms with Crippen LogP contribution in [0.1, 0.15) is 29.8 Å². The lowest BCUT2D eigenvalue weighted by molar-refractivity contribution is -0.663. The van der Waals surface area contributed by atoms with E-state index in [0.717, 1.165) is 59.6 Å². The van der Waals surface area contributed by atoms with E-state index in [1.165, 1.54) is 23.8 Å². The Morgan fingerprint density at radius 1 is 1.24 bits per heavy atom. The highest BCUT2D eigenvalue weighted by Crippen LogP contribution is 2.40. The van der Waals surface area contributed by atoms with Gasteiger partial charge in [-0.2, -0.15) is 13.9 Å². The standard InChI is InChI=1S/C33H35N11O5S2/c1-49-40-24(28-39-33(35)51-41-28)29(45)38-25-30(46)44-26(32(47)48)20(17-50-31(25)44)16-42-12-3-5-22-23(42)10-13-43(22)15-18-6-8-19(9-7-18)27(34)37-21-4-2-11-36-14-21/h3,5-10,12-13,21,25,31,36H,2,4,11,14-17H2,1H3,(H5-,34,35,37,38,39,41,45,47,48)/b40-24-/t21?,25-,31-/m1/s1. The van der Waals surface area contributed by atoms with Gasteiger partial charge < -0.3 is 41.4 Å². The molecule has 4 aromatic rings. The van der Waals surface area contributed by atoms with Crippen LogP contribution >= 0.6 is 23.3 Å². The number of hydrogen-bond donors (Lipinski definition) is 4. The molecule has 51 heavy (non-hydrogen) atoms. The maximum atomic E-state index is 13.3. The van der Waals surface area contributed by atoms with E-state index in [-0.39, 0.29) is 35.0 Å². The zero-order chi connectivity index (χ0) is 35.6. The number of piperidine rings is 1. The Morgan fingerprint density at radius 2 is 2.06 bits per heavy atom. The van der Waals surface area contributed by atoms with Gasteiger partial charge >= 0.3 is 0 Å². The molecule has 3 aliphatic heterocycles. The number of carbonyl (C=O) groups excluding carboxylic acids is 3. The minimum atomic E-state index is -1.47. The Morgan fingerprint density at radius 3 is 2.76 bits per heavy atom. The molecule has 6 heterocycles. The Bertz CT molecular complexity index is 2090. The van der Waals surface area contributed by atoms with Gasteiger partial charge in [-0.1, -0.05) is 29.4 Å². The van der Waals surface area contributed by atoms with Gasteiger partial charge in [0.05, 0.1) is 17.7 Å². The molecule has 2 amide bonds. The fourth-order valence-corrected chi connectivity index (χ4v) is 8.27. The van der Waals surface area contributed by atoms with Gasteiger partial charge in [-0.25, -0.2) is 0 Å². The number of oxime groups is 1. The van der Waals surface area contributed by atoms with Crippen molar-refractivity contribution in [3.8, 4) is 0 Å². The second-order valence-corrected chi connectivity index (χ2v) is 14.1. The second-order valence-electron chi connectivity index (χ2n) is 12.2. The van der Waals surface area contributed by atoms with E-state index in [0.29, 0.717) is 23.7 Å². The minimum Gasteiger partial charge on any atom is -0.543 e. The highest BCUT2D eigenvalue weighted by molar-refractivity contribution is 8.00. The summed E-state index contributed by atoms with van der Waals surface area (Å²) in [5.41, 5.74) is 15.9. The van der Waals surface area contributed by atoms with Crippen LogP contribution in [0.3, 0.4) is 0 Å². The molecule has 1 unspecified atom stereocenters. The molecule has 2 fully saturated rings. The molecule has 3 aromatic heterocycles. The van der Waals surface area contributed by atoms with Crippen LogP contribution in [-0.2, 0) is 32.3 Å². The number of hydrogen-bond acceptors (Lipinski definition) is 13. The van der Waals surface area contributed by atoms with Crippen LogP contribution in [0.25, 0.3) is 11.0 Å². The Labute approximate surface area is 300 Å². The number of β-lactam (4-membered cyclic amide) rings is 1. The lowest BCUT2D eigenvalue weighted by Gasteiger charge is -2.50. The molecule has 0 saturated carbocycles. The number of nitrogen functional groups attached to an aromatic ring is 1. The summed E-state index contributed by atoms with van der Waals surface area (Å²) in [6.07, 6.45) is 5.99. The van der Waals surface area contributed by atoms with Crippen LogP contribution in [0.5, 0.6) is 0 Å². The molecular formula is C33H35N11O5S2. The van der Waals surface area contributed by atoms with E-state index in [9.17, 15) is 19.5 Å². The van der Waals surface area contributed by atoms with Crippen LogP contribution in [-0.4, -0.2) is 91.6 Å². The molecule has 6 N–H and O–H groups in total. The molecule has 0 radical (unpaired) electrons. The van der Waals surface area contributed by atoms with Gasteiger partial charge in [-0.3, -0.25) is 19.5 Å². The van der Waals surface area contributed by atoms with Gasteiger partial charge in [0.25, 0.3) is 11.8 Å². The molecule has 18 heteroatoms. The number of pyridine rings is 1. The number of anilines is 1. The molecular weight excluding hydrogens is 695 g/mol. The summed E-state index contributed by atoms with van der Waals surface area (Å²) >= 11 is 2.22. The lowest BCUT2D eigenvalue weighted by atomic mass is 10.0. The molecule has 264 valence electrons. The van der Waals surface area contributed by atoms with E-state index in [1.807, 2.05) is 59.4 Å². The number of nitrogens with two attached hydrogens (primary N) is 2. The van der Waals surface area contributed by atoms with Gasteiger partial charge in [-0.15, -0.1) is 11.8 Å². The summed E-state index contributed by atoms with van der Waals surface area (Å²) in [6.45, 7) is 2.70. The number of amides is 2. The topological polar surface area (TPSA) is 222 Å². The number of rotatable bonds is 11. The number of amidine groups is 1. The summed E-state index contributed by atoms with van der Waals surface area (Å²) < 4.78 is 8.06. The monoisotopic (exact) mass is 729 g/mol. The largest absolute Gasteiger partial charge is 0.543 e. The third kappa shape index (κ3) is 6.89. The molecule has 0 spiro atoms. The van der Waals surface area contributed by atoms with E-state index in [2.05, 4.69) is 29.7 Å². The third-order valence-electron chi connectivity index (χ3n) is 8.95. The van der Waals surface area contributed by atoms with Gasteiger partial charge in [0.15, 0.2) is 17.9 Å². The summed E-state index contributed by atoms with van der Waals surface area (Å²) in [6, 6.07) is 13.2. The first-order chi connectivity index (χ1) is 24.7. The number of nitrogens with one attached hydrogen (secondary N) is 2. The third-order valence-corrected chi connectivity index (χ3v) is 10.8. The van der Waals surface area contributed by atoms with E-state index in [4.69, 9.17) is 21.3 Å². The minimum absolute atomic E-state index is 0.0503. The predicted molar refractivity (Wildman–Crippen MR) is 189 cm³/mol. The van der Waals surface area contributed by atoms with Crippen molar-refractivity contribution >= 4 is 68.8 Å². The number of carbonyl (C=O) groups is 3. The van der Waals surface area contributed by atoms with Crippen LogP contribution in [0.4, 0.5) is 5.13 Å². The van der Waals surface area contributed by atoms with Crippen LogP contribution in [0.15, 0.2) is 76.3 Å². The molecule has 16 nitrogen and oxygen atoms in total. The molecule has 3 aliphatic rings. The number of aliphatic imine (C=N–C) groups is 1. The summed E-state index contributed by atoms with van der Waals surface area (Å²) in [5, 5.41) is 21.6. The Hall–Kier alpha value is -5.33. The van der Waals surface area contributed by atoms with Crippen molar-refractivity contribution in [2.24, 2.45) is 15.9 Å². The average Bonchev–Trinajstić information content (AvgIpc) is 3.76. The predicted octanol–water partition coefficient (Wildman–Crippen LogP) is -0.677. The van der Waals surface area contributed by atoms with Crippen molar-refractivity contribution in [2.75, 3.05) is 31.7 Å². The number of benzene rings is 1. The fraction of sp³-hybridized carbons (Fsp3) is 0.333. The molecule has 0 aliphatic carbocycles. The van der Waals surface area contributed by atoms with Crippen LogP contribution in [0.2, 0.25) is 0 Å². The second kappa shape index (κ2) is 14.5. The normalized spacial score (nSPS) is 21.0. The number of nitrogens with zero attached hydrogens (tertiary/aromatic N) is 7. The molecule has 3 atom stereocenters. The maximum absolute atomic E-state index is 13.3. The van der Waals surface area contributed by atoms with E-state index in [1.54, 1.807) is 0 Å². The van der Waals surface area contributed by atoms with Gasteiger partial charge in [0.2, 0.25) is 17.1 Å². The number of thioether (sulfide) groups is 1. The van der Waals surface area contributed by atoms with Gasteiger partial charge in [0.1, 0.15) is 29.9 Å². The number of carboxylic acid groups (broad SMARTS) is 1. The lowest BCUT2D eigenvalue weighted by Crippen LogP contribution is -2.71. The number of fused-ring (bicyclic) bond motifs is 2. The van der Waals surface area contributed by atoms with Crippen molar-refractivity contribution in [2.45, 2.75) is 43.4 Å². The van der Waals surface area contributed by atoms with Crippen molar-refractivity contribution in [1.29, 1.82) is 0 Å². The van der Waals surface area contributed by atoms with Crippen molar-refractivity contribution in [3.63, 3.8) is 0 Å². The fourth-order valence-electron chi connectivity index (χ4n) is 6.50. The first kappa shape index (κ1) is 34.1. The first-order valence-corrected chi connectivity index (χ1v) is 18.0. The van der Waals surface area contributed by atoms with Gasteiger partial charge in [-0.05, 0) is 31.0 Å². The smallest absolute Gasteiger partial charge is 0.278 e. The molecule has 7 rings (SSSR count). The summed E-state index contributed by atoms with van der Waals surface area (Å²) in [5.74, 6) is -2.02.